The zero-order valence-corrected chi connectivity index (χ0v) is 9.00. The normalized spacial score (nSPS) is 40.2. The lowest BCUT2D eigenvalue weighted by Gasteiger charge is -2.13. The summed E-state index contributed by atoms with van der Waals surface area (Å²) in [6, 6.07) is 0. The largest absolute Gasteiger partial charge is 0.278 e. The van der Waals surface area contributed by atoms with E-state index in [0.29, 0.717) is 5.06 Å². The van der Waals surface area contributed by atoms with Gasteiger partial charge in [-0.15, -0.1) is 9.35 Å². The van der Waals surface area contributed by atoms with Gasteiger partial charge in [-0.3, -0.25) is 9.59 Å². The molecule has 0 spiro atoms. The molecule has 0 radical (unpaired) electrons. The van der Waals surface area contributed by atoms with Crippen LogP contribution in [0.3, 0.4) is 0 Å². The summed E-state index contributed by atoms with van der Waals surface area (Å²) in [7, 11) is -3.23. The monoisotopic (exact) mass is 243 g/mol. The fraction of sp³-hybridized carbons (Fsp3) is 0.556. The SMILES string of the molecule is O=C1C2C3C=CC(C3)C2C(=O)N1O[SH](=O)=O. The molecule has 0 N–H and O–H groups in total. The molecule has 2 fully saturated rings. The van der Waals surface area contributed by atoms with Crippen molar-refractivity contribution in [3.8, 4) is 0 Å². The van der Waals surface area contributed by atoms with Gasteiger partial charge in [0.15, 0.2) is 0 Å². The van der Waals surface area contributed by atoms with Crippen molar-refractivity contribution in [1.29, 1.82) is 0 Å². The first-order valence-corrected chi connectivity index (χ1v) is 6.08. The van der Waals surface area contributed by atoms with Crippen molar-refractivity contribution in [3.63, 3.8) is 0 Å². The maximum Gasteiger partial charge on any atom is 0.278 e. The number of thiol groups is 1. The van der Waals surface area contributed by atoms with Crippen LogP contribution >= 0.6 is 0 Å². The molecular weight excluding hydrogens is 234 g/mol. The highest BCUT2D eigenvalue weighted by atomic mass is 32.2. The Hall–Kier alpha value is -1.21. The molecule has 1 saturated heterocycles. The highest BCUT2D eigenvalue weighted by Gasteiger charge is 2.60. The minimum Gasteiger partial charge on any atom is -0.272 e. The molecule has 3 rings (SSSR count). The molecule has 4 atom stereocenters. The van der Waals surface area contributed by atoms with Crippen molar-refractivity contribution in [2.24, 2.45) is 23.7 Å². The second-order valence-corrected chi connectivity index (χ2v) is 4.89. The third-order valence-electron chi connectivity index (χ3n) is 3.58. The number of imide groups is 1. The molecule has 1 aliphatic heterocycles. The van der Waals surface area contributed by atoms with Gasteiger partial charge in [-0.25, -0.2) is 8.42 Å². The molecule has 16 heavy (non-hydrogen) atoms. The zero-order chi connectivity index (χ0) is 11.4. The molecule has 4 unspecified atom stereocenters. The molecule has 3 aliphatic rings. The highest BCUT2D eigenvalue weighted by Crippen LogP contribution is 2.52. The van der Waals surface area contributed by atoms with E-state index in [1.54, 1.807) is 0 Å². The molecule has 6 nitrogen and oxygen atoms in total. The lowest BCUT2D eigenvalue weighted by atomic mass is 9.85. The van der Waals surface area contributed by atoms with Gasteiger partial charge in [0, 0.05) is 0 Å². The summed E-state index contributed by atoms with van der Waals surface area (Å²) >= 11 is 0. The molecule has 0 aromatic carbocycles. The van der Waals surface area contributed by atoms with E-state index >= 15 is 0 Å². The Kier molecular flexibility index (Phi) is 1.96. The molecule has 86 valence electrons. The van der Waals surface area contributed by atoms with E-state index in [9.17, 15) is 18.0 Å². The third kappa shape index (κ3) is 1.12. The Morgan fingerprint density at radius 3 is 2.06 bits per heavy atom. The fourth-order valence-electron chi connectivity index (χ4n) is 3.02. The van der Waals surface area contributed by atoms with Crippen molar-refractivity contribution in [2.45, 2.75) is 6.42 Å². The summed E-state index contributed by atoms with van der Waals surface area (Å²) in [5, 5.41) is 0.410. The smallest absolute Gasteiger partial charge is 0.272 e. The lowest BCUT2D eigenvalue weighted by Crippen LogP contribution is -2.32. The maximum absolute atomic E-state index is 11.8. The Labute approximate surface area is 93.0 Å². The maximum atomic E-state index is 11.8. The van der Waals surface area contributed by atoms with Gasteiger partial charge in [0.1, 0.15) is 0 Å². The average molecular weight is 243 g/mol. The van der Waals surface area contributed by atoms with Gasteiger partial charge >= 0.3 is 0 Å². The summed E-state index contributed by atoms with van der Waals surface area (Å²) in [5.74, 6) is -1.76. The van der Waals surface area contributed by atoms with E-state index in [1.165, 1.54) is 0 Å². The van der Waals surface area contributed by atoms with Gasteiger partial charge in [-0.2, -0.15) is 0 Å². The average Bonchev–Trinajstić information content (AvgIpc) is 2.87. The van der Waals surface area contributed by atoms with E-state index in [1.807, 2.05) is 12.2 Å². The number of rotatable bonds is 2. The standard InChI is InChI=1S/C9H9NO5S/c11-8-6-4-1-2-5(3-4)7(6)9(12)10(8)15-16(13)14/h1-2,4-7,16H,3H2. The number of carbonyl (C=O) groups is 2. The van der Waals surface area contributed by atoms with Crippen LogP contribution in [-0.2, 0) is 24.9 Å². The van der Waals surface area contributed by atoms with E-state index < -0.39 is 34.6 Å². The van der Waals surface area contributed by atoms with Crippen LogP contribution in [0, 0.1) is 23.7 Å². The number of hydroxylamine groups is 2. The van der Waals surface area contributed by atoms with Crippen molar-refractivity contribution < 1.29 is 22.3 Å². The predicted octanol–water partition coefficient (Wildman–Crippen LogP) is -0.748. The van der Waals surface area contributed by atoms with Crippen LogP contribution < -0.4 is 0 Å². The van der Waals surface area contributed by atoms with Gasteiger partial charge in [0.25, 0.3) is 22.8 Å². The minimum atomic E-state index is -3.23. The highest BCUT2D eigenvalue weighted by molar-refractivity contribution is 7.67. The Morgan fingerprint density at radius 2 is 1.62 bits per heavy atom. The van der Waals surface area contributed by atoms with Crippen molar-refractivity contribution >= 4 is 22.8 Å². The summed E-state index contributed by atoms with van der Waals surface area (Å²) in [6.07, 6.45) is 4.67. The summed E-state index contributed by atoms with van der Waals surface area (Å²) < 4.78 is 25.1. The van der Waals surface area contributed by atoms with Crippen LogP contribution in [0.4, 0.5) is 0 Å². The first kappa shape index (κ1) is 9.98. The number of fused-ring (bicyclic) bond motifs is 5. The van der Waals surface area contributed by atoms with Gasteiger partial charge in [0.2, 0.25) is 0 Å². The Balaban J connectivity index is 1.94. The molecule has 7 heteroatoms. The third-order valence-corrected chi connectivity index (χ3v) is 3.87. The molecule has 2 amide bonds. The number of hydrogen-bond acceptors (Lipinski definition) is 5. The minimum absolute atomic E-state index is 0.0598. The summed E-state index contributed by atoms with van der Waals surface area (Å²) in [4.78, 5) is 23.6. The molecule has 1 saturated carbocycles. The molecule has 2 bridgehead atoms. The van der Waals surface area contributed by atoms with E-state index in [0.717, 1.165) is 6.42 Å². The Bertz CT molecular complexity index is 444. The van der Waals surface area contributed by atoms with Crippen molar-refractivity contribution in [2.75, 3.05) is 0 Å². The van der Waals surface area contributed by atoms with Gasteiger partial charge in [0.05, 0.1) is 11.8 Å². The van der Waals surface area contributed by atoms with E-state index in [-0.39, 0.29) is 11.8 Å². The molecule has 0 aromatic rings. The number of hydrogen-bond donors (Lipinski definition) is 1. The number of amides is 2. The summed E-state index contributed by atoms with van der Waals surface area (Å²) in [5.41, 5.74) is 0. The first-order chi connectivity index (χ1) is 7.59. The van der Waals surface area contributed by atoms with Crippen molar-refractivity contribution in [1.82, 2.24) is 5.06 Å². The molecule has 1 heterocycles. The first-order valence-electron chi connectivity index (χ1n) is 4.98. The number of carbonyl (C=O) groups excluding carboxylic acids is 2. The topological polar surface area (TPSA) is 80.8 Å². The quantitative estimate of drug-likeness (QED) is 0.392. The van der Waals surface area contributed by atoms with Crippen LogP contribution in [0.2, 0.25) is 0 Å². The summed E-state index contributed by atoms with van der Waals surface area (Å²) in [6.45, 7) is 0. The van der Waals surface area contributed by atoms with Crippen LogP contribution in [0.1, 0.15) is 6.42 Å². The Morgan fingerprint density at radius 1 is 1.12 bits per heavy atom. The van der Waals surface area contributed by atoms with E-state index in [4.69, 9.17) is 0 Å². The van der Waals surface area contributed by atoms with Gasteiger partial charge in [-0.05, 0) is 18.3 Å². The molecule has 0 aromatic heterocycles. The van der Waals surface area contributed by atoms with Crippen LogP contribution in [-0.4, -0.2) is 25.3 Å². The van der Waals surface area contributed by atoms with E-state index in [2.05, 4.69) is 4.28 Å². The van der Waals surface area contributed by atoms with Gasteiger partial charge < -0.3 is 0 Å². The molecule has 2 aliphatic carbocycles. The fourth-order valence-corrected chi connectivity index (χ4v) is 3.32. The van der Waals surface area contributed by atoms with Crippen LogP contribution in [0.25, 0.3) is 0 Å². The predicted molar refractivity (Wildman–Crippen MR) is 51.0 cm³/mol. The van der Waals surface area contributed by atoms with Gasteiger partial charge in [-0.1, -0.05) is 12.2 Å². The van der Waals surface area contributed by atoms with Crippen molar-refractivity contribution in [3.05, 3.63) is 12.2 Å². The second-order valence-electron chi connectivity index (χ2n) is 4.28. The number of nitrogens with zero attached hydrogens (tertiary/aromatic N) is 1. The second kappa shape index (κ2) is 3.14. The number of allylic oxidation sites excluding steroid dienone is 2. The molecular formula is C9H9NO5S. The lowest BCUT2D eigenvalue weighted by molar-refractivity contribution is -0.165. The van der Waals surface area contributed by atoms with Crippen LogP contribution in [0.5, 0.6) is 0 Å². The zero-order valence-electron chi connectivity index (χ0n) is 8.11. The van der Waals surface area contributed by atoms with Crippen LogP contribution in [0.15, 0.2) is 12.2 Å².